The Morgan fingerprint density at radius 1 is 1.32 bits per heavy atom. The van der Waals surface area contributed by atoms with Crippen LogP contribution in [0.4, 0.5) is 13.2 Å². The molecule has 0 saturated carbocycles. The fourth-order valence-corrected chi connectivity index (χ4v) is 2.02. The molecule has 0 atom stereocenters. The van der Waals surface area contributed by atoms with Crippen molar-refractivity contribution in [3.63, 3.8) is 0 Å². The van der Waals surface area contributed by atoms with Crippen LogP contribution in [0, 0.1) is 0 Å². The number of carbonyl (C=O) groups is 1. The second kappa shape index (κ2) is 5.43. The molecule has 2 rings (SSSR count). The van der Waals surface area contributed by atoms with Crippen LogP contribution >= 0.6 is 11.8 Å². The van der Waals surface area contributed by atoms with Gasteiger partial charge in [0.05, 0.1) is 17.5 Å². The monoisotopic (exact) mass is 287 g/mol. The molecule has 0 aromatic heterocycles. The first-order valence-electron chi connectivity index (χ1n) is 5.17. The van der Waals surface area contributed by atoms with E-state index in [-0.39, 0.29) is 22.4 Å². The Morgan fingerprint density at radius 3 is 2.68 bits per heavy atom. The van der Waals surface area contributed by atoms with Crippen LogP contribution < -0.4 is 5.32 Å². The van der Waals surface area contributed by atoms with Crippen LogP contribution in [0.1, 0.15) is 11.1 Å². The summed E-state index contributed by atoms with van der Waals surface area (Å²) in [4.78, 5) is 10.9. The number of carbonyl (C=O) groups excluding carboxylic acids is 1. The maximum atomic E-state index is 12.7. The van der Waals surface area contributed by atoms with E-state index in [1.165, 1.54) is 18.2 Å². The van der Waals surface area contributed by atoms with Crippen LogP contribution in [-0.4, -0.2) is 23.0 Å². The van der Waals surface area contributed by atoms with E-state index in [0.29, 0.717) is 0 Å². The number of halogens is 3. The Kier molecular flexibility index (Phi) is 3.89. The summed E-state index contributed by atoms with van der Waals surface area (Å²) in [6, 6.07) is 5.06. The van der Waals surface area contributed by atoms with Crippen molar-refractivity contribution in [3.8, 4) is 0 Å². The third-order valence-electron chi connectivity index (χ3n) is 2.20. The molecule has 1 aliphatic heterocycles. The molecule has 1 aliphatic rings. The second-order valence-electron chi connectivity index (χ2n) is 3.57. The van der Waals surface area contributed by atoms with E-state index in [9.17, 15) is 18.0 Å². The van der Waals surface area contributed by atoms with E-state index in [1.807, 2.05) is 0 Å². The minimum absolute atomic E-state index is 0.0753. The van der Waals surface area contributed by atoms with Gasteiger partial charge in [-0.3, -0.25) is 4.79 Å². The number of hydrogen-bond donors (Lipinski definition) is 1. The Bertz CT molecular complexity index is 554. The predicted octanol–water partition coefficient (Wildman–Crippen LogP) is 2.26. The van der Waals surface area contributed by atoms with Gasteiger partial charge in [-0.15, -0.1) is 5.10 Å². The van der Waals surface area contributed by atoms with E-state index < -0.39 is 11.7 Å². The van der Waals surface area contributed by atoms with Gasteiger partial charge in [0.2, 0.25) is 5.91 Å². The molecule has 4 nitrogen and oxygen atoms in total. The smallest absolute Gasteiger partial charge is 0.303 e. The standard InChI is InChI=1S/C11H8F3N3OS/c12-11(13,14)8-4-2-1-3-7(8)5-15-17-10-16-9(18)6-19-10/h1-5H,6H2,(H,16,17,18)/b15-5+. The topological polar surface area (TPSA) is 53.8 Å². The SMILES string of the molecule is O=C1CS/C(=N\N=C\c2ccccc2C(F)(F)F)N1. The van der Waals surface area contributed by atoms with Crippen molar-refractivity contribution < 1.29 is 18.0 Å². The molecule has 1 aromatic carbocycles. The van der Waals surface area contributed by atoms with Crippen molar-refractivity contribution in [1.29, 1.82) is 0 Å². The zero-order valence-corrected chi connectivity index (χ0v) is 10.3. The number of nitrogens with zero attached hydrogens (tertiary/aromatic N) is 2. The van der Waals surface area contributed by atoms with Gasteiger partial charge in [-0.1, -0.05) is 30.0 Å². The van der Waals surface area contributed by atoms with Gasteiger partial charge in [0.25, 0.3) is 0 Å². The average molecular weight is 287 g/mol. The number of rotatable bonds is 2. The molecule has 0 spiro atoms. The first kappa shape index (κ1) is 13.6. The summed E-state index contributed by atoms with van der Waals surface area (Å²) in [7, 11) is 0. The zero-order valence-electron chi connectivity index (χ0n) is 9.44. The summed E-state index contributed by atoms with van der Waals surface area (Å²) in [5.74, 6) is 0.0441. The molecule has 19 heavy (non-hydrogen) atoms. The summed E-state index contributed by atoms with van der Waals surface area (Å²) in [5.41, 5.74) is -0.851. The Labute approximate surface area is 110 Å². The molecule has 1 aromatic rings. The lowest BCUT2D eigenvalue weighted by atomic mass is 10.1. The molecule has 8 heteroatoms. The number of amidine groups is 1. The van der Waals surface area contributed by atoms with Crippen LogP contribution in [-0.2, 0) is 11.0 Å². The van der Waals surface area contributed by atoms with Crippen molar-refractivity contribution in [2.75, 3.05) is 5.75 Å². The molecular weight excluding hydrogens is 279 g/mol. The molecule has 1 amide bonds. The molecule has 1 fully saturated rings. The van der Waals surface area contributed by atoms with Gasteiger partial charge in [-0.2, -0.15) is 18.3 Å². The van der Waals surface area contributed by atoms with Crippen molar-refractivity contribution in [2.24, 2.45) is 10.2 Å². The van der Waals surface area contributed by atoms with E-state index in [2.05, 4.69) is 15.5 Å². The summed E-state index contributed by atoms with van der Waals surface area (Å²) < 4.78 is 38.0. The normalized spacial score (nSPS) is 18.3. The first-order chi connectivity index (χ1) is 8.97. The van der Waals surface area contributed by atoms with Crippen LogP contribution in [0.25, 0.3) is 0 Å². The molecule has 1 saturated heterocycles. The number of amides is 1. The van der Waals surface area contributed by atoms with Crippen LogP contribution in [0.3, 0.4) is 0 Å². The molecule has 0 bridgehead atoms. The van der Waals surface area contributed by atoms with E-state index in [1.54, 1.807) is 0 Å². The molecule has 0 radical (unpaired) electrons. The Morgan fingerprint density at radius 2 is 2.05 bits per heavy atom. The summed E-state index contributed by atoms with van der Waals surface area (Å²) in [6.07, 6.45) is -3.42. The summed E-state index contributed by atoms with van der Waals surface area (Å²) >= 11 is 1.15. The lowest BCUT2D eigenvalue weighted by Crippen LogP contribution is -2.19. The molecular formula is C11H8F3N3OS. The van der Waals surface area contributed by atoms with Gasteiger partial charge >= 0.3 is 6.18 Å². The van der Waals surface area contributed by atoms with Crippen molar-refractivity contribution in [1.82, 2.24) is 5.32 Å². The quantitative estimate of drug-likeness (QED) is 0.670. The maximum Gasteiger partial charge on any atom is 0.417 e. The van der Waals surface area contributed by atoms with Gasteiger partial charge < -0.3 is 5.32 Å². The molecule has 1 N–H and O–H groups in total. The minimum atomic E-state index is -4.44. The second-order valence-corrected chi connectivity index (χ2v) is 4.54. The van der Waals surface area contributed by atoms with E-state index >= 15 is 0 Å². The van der Waals surface area contributed by atoms with E-state index in [0.717, 1.165) is 24.0 Å². The third kappa shape index (κ3) is 3.57. The van der Waals surface area contributed by atoms with E-state index in [4.69, 9.17) is 0 Å². The number of alkyl halides is 3. The lowest BCUT2D eigenvalue weighted by Gasteiger charge is -2.08. The highest BCUT2D eigenvalue weighted by Crippen LogP contribution is 2.31. The van der Waals surface area contributed by atoms with Crippen LogP contribution in [0.5, 0.6) is 0 Å². The minimum Gasteiger partial charge on any atom is -0.303 e. The fourth-order valence-electron chi connectivity index (χ4n) is 1.39. The van der Waals surface area contributed by atoms with Crippen molar-refractivity contribution in [3.05, 3.63) is 35.4 Å². The van der Waals surface area contributed by atoms with Crippen molar-refractivity contribution >= 4 is 29.1 Å². The lowest BCUT2D eigenvalue weighted by molar-refractivity contribution is -0.137. The maximum absolute atomic E-state index is 12.7. The fraction of sp³-hybridized carbons (Fsp3) is 0.182. The molecule has 100 valence electrons. The number of hydrogen-bond acceptors (Lipinski definition) is 4. The Hall–Kier alpha value is -1.83. The number of thioether (sulfide) groups is 1. The first-order valence-corrected chi connectivity index (χ1v) is 6.15. The van der Waals surface area contributed by atoms with Gasteiger partial charge in [-0.05, 0) is 6.07 Å². The highest BCUT2D eigenvalue weighted by atomic mass is 32.2. The average Bonchev–Trinajstić information content (AvgIpc) is 2.74. The van der Waals surface area contributed by atoms with Gasteiger partial charge in [0, 0.05) is 5.56 Å². The third-order valence-corrected chi connectivity index (χ3v) is 3.06. The van der Waals surface area contributed by atoms with Crippen molar-refractivity contribution in [2.45, 2.75) is 6.18 Å². The van der Waals surface area contributed by atoms with Gasteiger partial charge in [0.15, 0.2) is 5.17 Å². The van der Waals surface area contributed by atoms with Crippen LogP contribution in [0.15, 0.2) is 34.5 Å². The summed E-state index contributed by atoms with van der Waals surface area (Å²) in [6.45, 7) is 0. The predicted molar refractivity (Wildman–Crippen MR) is 67.1 cm³/mol. The zero-order chi connectivity index (χ0) is 13.9. The Balaban J connectivity index is 2.18. The number of benzene rings is 1. The van der Waals surface area contributed by atoms with Gasteiger partial charge in [0.1, 0.15) is 0 Å². The highest BCUT2D eigenvalue weighted by Gasteiger charge is 2.32. The summed E-state index contributed by atoms with van der Waals surface area (Å²) in [5, 5.41) is 9.91. The molecule has 0 unspecified atom stereocenters. The van der Waals surface area contributed by atoms with Crippen LogP contribution in [0.2, 0.25) is 0 Å². The van der Waals surface area contributed by atoms with Gasteiger partial charge in [-0.25, -0.2) is 0 Å². The largest absolute Gasteiger partial charge is 0.417 e. The highest BCUT2D eigenvalue weighted by molar-refractivity contribution is 8.15. The number of nitrogens with one attached hydrogen (secondary N) is 1. The molecule has 1 heterocycles. The molecule has 0 aliphatic carbocycles.